The van der Waals surface area contributed by atoms with Gasteiger partial charge in [0.2, 0.25) is 0 Å². The summed E-state index contributed by atoms with van der Waals surface area (Å²) in [6.45, 7) is 0. The van der Waals surface area contributed by atoms with Gasteiger partial charge in [-0.2, -0.15) is 0 Å². The Morgan fingerprint density at radius 3 is 1.61 bits per heavy atom. The molecule has 0 aliphatic carbocycles. The van der Waals surface area contributed by atoms with Gasteiger partial charge in [-0.05, 0) is 27.8 Å². The molecule has 2 nitrogen and oxygen atoms in total. The number of Topliss-reactive ketones (excluding diaryl/α,β-unsaturated/α-hetero) is 1. The van der Waals surface area contributed by atoms with E-state index in [4.69, 9.17) is 16.3 Å². The summed E-state index contributed by atoms with van der Waals surface area (Å²) in [6.07, 6.45) is -0.560. The molecule has 1 heterocycles. The molecule has 0 amide bonds. The number of alkyl halides is 1. The fourth-order valence-corrected chi connectivity index (χ4v) is 4.38. The number of benzene rings is 4. The molecule has 0 aromatic heterocycles. The Bertz CT molecular complexity index is 1190. The lowest BCUT2D eigenvalue weighted by Gasteiger charge is -2.11. The van der Waals surface area contributed by atoms with E-state index < -0.39 is 11.7 Å². The Kier molecular flexibility index (Phi) is 5.19. The van der Waals surface area contributed by atoms with Crippen LogP contribution in [-0.2, 0) is 10.3 Å². The van der Waals surface area contributed by atoms with Crippen molar-refractivity contribution in [2.75, 3.05) is 5.88 Å². The first-order valence-electron chi connectivity index (χ1n) is 10.3. The fourth-order valence-electron chi connectivity index (χ4n) is 4.02. The summed E-state index contributed by atoms with van der Waals surface area (Å²) in [7, 11) is 0. The Morgan fingerprint density at radius 2 is 1.13 bits per heavy atom. The minimum Gasteiger partial charge on any atom is -0.351 e. The summed E-state index contributed by atoms with van der Waals surface area (Å²) in [5.41, 5.74) is 5.28. The van der Waals surface area contributed by atoms with Crippen LogP contribution >= 0.6 is 11.6 Å². The molecular weight excluding hydrogens is 404 g/mol. The van der Waals surface area contributed by atoms with Crippen molar-refractivity contribution >= 4 is 17.4 Å². The number of epoxide rings is 1. The van der Waals surface area contributed by atoms with E-state index in [0.717, 1.165) is 27.8 Å². The summed E-state index contributed by atoms with van der Waals surface area (Å²) in [6, 6.07) is 36.1. The molecule has 4 aromatic rings. The average Bonchev–Trinajstić information content (AvgIpc) is 3.61. The maximum Gasteiger partial charge on any atom is 0.195 e. The molecule has 0 N–H and O–H groups in total. The van der Waals surface area contributed by atoms with Crippen LogP contribution in [0.2, 0.25) is 0 Å². The molecule has 31 heavy (non-hydrogen) atoms. The van der Waals surface area contributed by atoms with Gasteiger partial charge in [0, 0.05) is 5.56 Å². The minimum atomic E-state index is -0.758. The Labute approximate surface area is 187 Å². The number of carbonyl (C=O) groups is 1. The molecule has 4 aromatic carbocycles. The minimum absolute atomic E-state index is 0.0348. The molecule has 0 saturated carbocycles. The van der Waals surface area contributed by atoms with E-state index in [2.05, 4.69) is 36.4 Å². The lowest BCUT2D eigenvalue weighted by atomic mass is 9.91. The number of ether oxygens (including phenoxy) is 1. The van der Waals surface area contributed by atoms with Crippen molar-refractivity contribution in [2.24, 2.45) is 0 Å². The van der Waals surface area contributed by atoms with Gasteiger partial charge < -0.3 is 4.74 Å². The largest absolute Gasteiger partial charge is 0.351 e. The van der Waals surface area contributed by atoms with Crippen LogP contribution in [0.15, 0.2) is 109 Å². The second kappa shape index (κ2) is 8.14. The van der Waals surface area contributed by atoms with Crippen molar-refractivity contribution in [3.8, 4) is 22.3 Å². The van der Waals surface area contributed by atoms with Crippen LogP contribution in [0.3, 0.4) is 0 Å². The molecule has 1 aliphatic rings. The molecule has 3 heteroatoms. The number of carbonyl (C=O) groups excluding carboxylic acids is 1. The van der Waals surface area contributed by atoms with Crippen LogP contribution in [0.25, 0.3) is 22.3 Å². The Balaban J connectivity index is 1.35. The highest BCUT2D eigenvalue weighted by molar-refractivity contribution is 6.19. The van der Waals surface area contributed by atoms with Crippen molar-refractivity contribution in [3.05, 3.63) is 120 Å². The fraction of sp³-hybridized carbons (Fsp3) is 0.107. The van der Waals surface area contributed by atoms with Gasteiger partial charge >= 0.3 is 0 Å². The van der Waals surface area contributed by atoms with Crippen molar-refractivity contribution in [2.45, 2.75) is 11.7 Å². The molecule has 2 atom stereocenters. The van der Waals surface area contributed by atoms with E-state index >= 15 is 0 Å². The third-order valence-corrected chi connectivity index (χ3v) is 6.29. The Morgan fingerprint density at radius 1 is 0.677 bits per heavy atom. The average molecular weight is 425 g/mol. The molecule has 1 fully saturated rings. The zero-order valence-electron chi connectivity index (χ0n) is 16.9. The van der Waals surface area contributed by atoms with E-state index in [9.17, 15) is 4.79 Å². The molecule has 0 unspecified atom stereocenters. The SMILES string of the molecule is O=C(c1ccc(-c2ccccc2)cc1)[C@H]1O[C@]1(CCl)c1ccc(-c2ccccc2)cc1. The van der Waals surface area contributed by atoms with Crippen LogP contribution in [-0.4, -0.2) is 17.8 Å². The van der Waals surface area contributed by atoms with Gasteiger partial charge in [0.05, 0.1) is 5.88 Å². The molecule has 152 valence electrons. The lowest BCUT2D eigenvalue weighted by Crippen LogP contribution is -2.21. The van der Waals surface area contributed by atoms with Crippen LogP contribution < -0.4 is 0 Å². The van der Waals surface area contributed by atoms with Gasteiger partial charge in [-0.1, -0.05) is 109 Å². The number of hydrogen-bond donors (Lipinski definition) is 0. The van der Waals surface area contributed by atoms with Crippen molar-refractivity contribution < 1.29 is 9.53 Å². The third-order valence-electron chi connectivity index (χ3n) is 5.89. The van der Waals surface area contributed by atoms with Crippen molar-refractivity contribution in [1.29, 1.82) is 0 Å². The summed E-state index contributed by atoms with van der Waals surface area (Å²) in [5.74, 6) is 0.198. The van der Waals surface area contributed by atoms with Crippen LogP contribution in [0.4, 0.5) is 0 Å². The summed E-state index contributed by atoms with van der Waals surface area (Å²) < 4.78 is 5.94. The van der Waals surface area contributed by atoms with Gasteiger partial charge in [-0.3, -0.25) is 4.79 Å². The second-order valence-corrected chi connectivity index (χ2v) is 8.04. The normalized spacial score (nSPS) is 19.7. The highest BCUT2D eigenvalue weighted by Crippen LogP contribution is 2.49. The first-order valence-corrected chi connectivity index (χ1v) is 10.8. The molecule has 5 rings (SSSR count). The zero-order valence-corrected chi connectivity index (χ0v) is 17.6. The zero-order chi connectivity index (χ0) is 21.3. The molecular formula is C28H21ClO2. The molecule has 0 spiro atoms. The number of hydrogen-bond acceptors (Lipinski definition) is 2. The van der Waals surface area contributed by atoms with E-state index in [1.165, 1.54) is 0 Å². The molecule has 0 radical (unpaired) electrons. The monoisotopic (exact) mass is 424 g/mol. The summed E-state index contributed by atoms with van der Waals surface area (Å²) in [5, 5.41) is 0. The quantitative estimate of drug-likeness (QED) is 0.195. The predicted octanol–water partition coefficient (Wildman–Crippen LogP) is 6.74. The van der Waals surface area contributed by atoms with Gasteiger partial charge in [0.25, 0.3) is 0 Å². The second-order valence-electron chi connectivity index (χ2n) is 7.77. The van der Waals surface area contributed by atoms with Crippen LogP contribution in [0, 0.1) is 0 Å². The van der Waals surface area contributed by atoms with E-state index in [1.54, 1.807) is 0 Å². The van der Waals surface area contributed by atoms with Gasteiger partial charge in [-0.15, -0.1) is 11.6 Å². The number of halogens is 1. The predicted molar refractivity (Wildman–Crippen MR) is 125 cm³/mol. The topological polar surface area (TPSA) is 29.6 Å². The van der Waals surface area contributed by atoms with Gasteiger partial charge in [0.1, 0.15) is 5.60 Å². The van der Waals surface area contributed by atoms with E-state index in [-0.39, 0.29) is 11.7 Å². The number of rotatable bonds is 6. The van der Waals surface area contributed by atoms with Gasteiger partial charge in [0.15, 0.2) is 11.9 Å². The maximum absolute atomic E-state index is 13.1. The van der Waals surface area contributed by atoms with Gasteiger partial charge in [-0.25, -0.2) is 0 Å². The third kappa shape index (κ3) is 3.69. The smallest absolute Gasteiger partial charge is 0.195 e. The van der Waals surface area contributed by atoms with E-state index in [0.29, 0.717) is 5.56 Å². The maximum atomic E-state index is 13.1. The molecule has 1 aliphatic heterocycles. The van der Waals surface area contributed by atoms with Crippen LogP contribution in [0.1, 0.15) is 15.9 Å². The summed E-state index contributed by atoms with van der Waals surface area (Å²) in [4.78, 5) is 13.1. The Hall–Kier alpha value is -3.20. The standard InChI is InChI=1S/C28H21ClO2/c29-19-28(25-17-15-23(16-18-25)21-9-5-2-6-10-21)27(31-28)26(30)24-13-11-22(12-14-24)20-7-3-1-4-8-20/h1-18,27H,19H2/t27-,28-/m1/s1. The first kappa shape index (κ1) is 19.7. The number of ketones is 1. The highest BCUT2D eigenvalue weighted by atomic mass is 35.5. The van der Waals surface area contributed by atoms with Crippen molar-refractivity contribution in [1.82, 2.24) is 0 Å². The van der Waals surface area contributed by atoms with Crippen molar-refractivity contribution in [3.63, 3.8) is 0 Å². The molecule has 1 saturated heterocycles. The van der Waals surface area contributed by atoms with E-state index in [1.807, 2.05) is 72.8 Å². The molecule has 0 bridgehead atoms. The first-order chi connectivity index (χ1) is 15.2. The highest BCUT2D eigenvalue weighted by Gasteiger charge is 2.61. The van der Waals surface area contributed by atoms with Crippen LogP contribution in [0.5, 0.6) is 0 Å². The summed E-state index contributed by atoms with van der Waals surface area (Å²) >= 11 is 6.30. The lowest BCUT2D eigenvalue weighted by molar-refractivity contribution is 0.0953.